The lowest BCUT2D eigenvalue weighted by Crippen LogP contribution is -2.40. The summed E-state index contributed by atoms with van der Waals surface area (Å²) in [6.45, 7) is 8.59. The molecule has 0 aliphatic carbocycles. The van der Waals surface area contributed by atoms with E-state index in [1.54, 1.807) is 6.07 Å². The average molecular weight is 438 g/mol. The lowest BCUT2D eigenvalue weighted by molar-refractivity contribution is -0.126. The molecule has 0 aromatic heterocycles. The fourth-order valence-corrected chi connectivity index (χ4v) is 5.01. The molecule has 2 aliphatic rings. The number of carbonyl (C=O) groups is 1. The van der Waals surface area contributed by atoms with Crippen molar-refractivity contribution in [3.05, 3.63) is 71.0 Å². The van der Waals surface area contributed by atoms with Crippen LogP contribution in [0.1, 0.15) is 49.3 Å². The highest BCUT2D eigenvalue weighted by Gasteiger charge is 2.25. The standard InChI is InChI=1S/C27H36FN3O/c1-21-5-4-14-31(18-21)19-23-10-8-22(9-11-23)17-29-27(32)24-12-15-30(16-13-24)20-25-6-2-3-7-26(25)28/h2-3,6-11,21,24H,4-5,12-20H2,1H3,(H,29,32). The second-order valence-corrected chi connectivity index (χ2v) is 9.66. The molecule has 0 bridgehead atoms. The second-order valence-electron chi connectivity index (χ2n) is 9.66. The molecule has 0 spiro atoms. The molecule has 0 saturated carbocycles. The van der Waals surface area contributed by atoms with E-state index in [0.29, 0.717) is 13.1 Å². The monoisotopic (exact) mass is 437 g/mol. The summed E-state index contributed by atoms with van der Waals surface area (Å²) < 4.78 is 13.9. The molecule has 5 heteroatoms. The fraction of sp³-hybridized carbons (Fsp3) is 0.519. The Morgan fingerprint density at radius 3 is 2.38 bits per heavy atom. The third-order valence-corrected chi connectivity index (χ3v) is 6.95. The third kappa shape index (κ3) is 6.39. The van der Waals surface area contributed by atoms with E-state index in [1.807, 2.05) is 12.1 Å². The van der Waals surface area contributed by atoms with Gasteiger partial charge in [0, 0.05) is 37.7 Å². The van der Waals surface area contributed by atoms with Crippen LogP contribution >= 0.6 is 0 Å². The van der Waals surface area contributed by atoms with Gasteiger partial charge >= 0.3 is 0 Å². The largest absolute Gasteiger partial charge is 0.352 e. The van der Waals surface area contributed by atoms with Crippen molar-refractivity contribution in [2.45, 2.75) is 52.2 Å². The minimum absolute atomic E-state index is 0.0484. The summed E-state index contributed by atoms with van der Waals surface area (Å²) >= 11 is 0. The van der Waals surface area contributed by atoms with Gasteiger partial charge in [-0.1, -0.05) is 49.4 Å². The molecule has 172 valence electrons. The van der Waals surface area contributed by atoms with Crippen molar-refractivity contribution < 1.29 is 9.18 Å². The van der Waals surface area contributed by atoms with Gasteiger partial charge in [-0.3, -0.25) is 14.6 Å². The molecule has 1 amide bonds. The topological polar surface area (TPSA) is 35.6 Å². The zero-order valence-electron chi connectivity index (χ0n) is 19.2. The van der Waals surface area contributed by atoms with Crippen LogP contribution in [0.4, 0.5) is 4.39 Å². The van der Waals surface area contributed by atoms with Crippen molar-refractivity contribution in [3.63, 3.8) is 0 Å². The van der Waals surface area contributed by atoms with Crippen LogP contribution in [0.5, 0.6) is 0 Å². The number of piperidine rings is 2. The lowest BCUT2D eigenvalue weighted by Gasteiger charge is -2.31. The molecule has 1 unspecified atom stereocenters. The Morgan fingerprint density at radius 1 is 0.938 bits per heavy atom. The Morgan fingerprint density at radius 2 is 1.66 bits per heavy atom. The number of carbonyl (C=O) groups excluding carboxylic acids is 1. The molecule has 1 atom stereocenters. The summed E-state index contributed by atoms with van der Waals surface area (Å²) in [5.74, 6) is 0.836. The van der Waals surface area contributed by atoms with Gasteiger partial charge in [-0.25, -0.2) is 4.39 Å². The molecule has 4 rings (SSSR count). The highest BCUT2D eigenvalue weighted by Crippen LogP contribution is 2.21. The molecule has 2 aromatic rings. The van der Waals surface area contributed by atoms with Crippen molar-refractivity contribution >= 4 is 5.91 Å². The highest BCUT2D eigenvalue weighted by atomic mass is 19.1. The van der Waals surface area contributed by atoms with Crippen molar-refractivity contribution in [1.29, 1.82) is 0 Å². The van der Waals surface area contributed by atoms with E-state index in [4.69, 9.17) is 0 Å². The van der Waals surface area contributed by atoms with E-state index >= 15 is 0 Å². The Balaban J connectivity index is 1.18. The van der Waals surface area contributed by atoms with E-state index in [2.05, 4.69) is 46.3 Å². The molecule has 2 heterocycles. The second kappa shape index (κ2) is 11.1. The maximum absolute atomic E-state index is 13.9. The van der Waals surface area contributed by atoms with Crippen LogP contribution in [-0.4, -0.2) is 41.9 Å². The quantitative estimate of drug-likeness (QED) is 0.688. The minimum Gasteiger partial charge on any atom is -0.352 e. The van der Waals surface area contributed by atoms with Crippen molar-refractivity contribution in [1.82, 2.24) is 15.1 Å². The van der Waals surface area contributed by atoms with Crippen LogP contribution in [0.3, 0.4) is 0 Å². The molecule has 2 aromatic carbocycles. The highest BCUT2D eigenvalue weighted by molar-refractivity contribution is 5.78. The third-order valence-electron chi connectivity index (χ3n) is 6.95. The van der Waals surface area contributed by atoms with Gasteiger partial charge < -0.3 is 5.32 Å². The van der Waals surface area contributed by atoms with Crippen LogP contribution in [-0.2, 0) is 24.4 Å². The van der Waals surface area contributed by atoms with Crippen molar-refractivity contribution in [3.8, 4) is 0 Å². The molecule has 4 nitrogen and oxygen atoms in total. The minimum atomic E-state index is -0.149. The molecule has 2 aliphatic heterocycles. The van der Waals surface area contributed by atoms with Crippen LogP contribution in [0, 0.1) is 17.7 Å². The number of hydrogen-bond acceptors (Lipinski definition) is 3. The molecular formula is C27H36FN3O. The number of benzene rings is 2. The number of amides is 1. The van der Waals surface area contributed by atoms with Gasteiger partial charge in [-0.05, 0) is 68.4 Å². The first-order chi connectivity index (χ1) is 15.6. The van der Waals surface area contributed by atoms with Gasteiger partial charge in [-0.2, -0.15) is 0 Å². The van der Waals surface area contributed by atoms with E-state index in [1.165, 1.54) is 37.6 Å². The summed E-state index contributed by atoms with van der Waals surface area (Å²) in [4.78, 5) is 17.4. The summed E-state index contributed by atoms with van der Waals surface area (Å²) in [5.41, 5.74) is 3.22. The average Bonchev–Trinajstić information content (AvgIpc) is 2.80. The number of likely N-dealkylation sites (tertiary alicyclic amines) is 2. The summed E-state index contributed by atoms with van der Waals surface area (Å²) in [5, 5.41) is 3.12. The SMILES string of the molecule is CC1CCCN(Cc2ccc(CNC(=O)C3CCN(Cc4ccccc4F)CC3)cc2)C1. The molecule has 1 N–H and O–H groups in total. The first kappa shape index (κ1) is 22.9. The summed E-state index contributed by atoms with van der Waals surface area (Å²) in [6.07, 6.45) is 4.30. The van der Waals surface area contributed by atoms with E-state index in [0.717, 1.165) is 49.5 Å². The Kier molecular flexibility index (Phi) is 7.93. The molecule has 0 radical (unpaired) electrons. The smallest absolute Gasteiger partial charge is 0.223 e. The Bertz CT molecular complexity index is 877. The van der Waals surface area contributed by atoms with Crippen LogP contribution in [0.2, 0.25) is 0 Å². The number of rotatable bonds is 7. The van der Waals surface area contributed by atoms with Crippen LogP contribution < -0.4 is 5.32 Å². The molecule has 2 fully saturated rings. The van der Waals surface area contributed by atoms with Crippen molar-refractivity contribution in [2.75, 3.05) is 26.2 Å². The van der Waals surface area contributed by atoms with E-state index in [-0.39, 0.29) is 17.6 Å². The van der Waals surface area contributed by atoms with Gasteiger partial charge in [0.1, 0.15) is 5.82 Å². The fourth-order valence-electron chi connectivity index (χ4n) is 5.01. The summed E-state index contributed by atoms with van der Waals surface area (Å²) in [6, 6.07) is 15.6. The number of hydrogen-bond donors (Lipinski definition) is 1. The van der Waals surface area contributed by atoms with Gasteiger partial charge in [0.2, 0.25) is 5.91 Å². The predicted molar refractivity (Wildman–Crippen MR) is 126 cm³/mol. The van der Waals surface area contributed by atoms with Gasteiger partial charge in [0.15, 0.2) is 0 Å². The summed E-state index contributed by atoms with van der Waals surface area (Å²) in [7, 11) is 0. The lowest BCUT2D eigenvalue weighted by atomic mass is 9.95. The maximum atomic E-state index is 13.9. The zero-order valence-corrected chi connectivity index (χ0v) is 19.2. The van der Waals surface area contributed by atoms with Gasteiger partial charge in [0.05, 0.1) is 0 Å². The number of halogens is 1. The maximum Gasteiger partial charge on any atom is 0.223 e. The Hall–Kier alpha value is -2.24. The van der Waals surface area contributed by atoms with Crippen LogP contribution in [0.15, 0.2) is 48.5 Å². The normalized spacial score (nSPS) is 20.9. The zero-order chi connectivity index (χ0) is 22.3. The number of nitrogens with one attached hydrogen (secondary N) is 1. The first-order valence-electron chi connectivity index (χ1n) is 12.1. The number of nitrogens with zero attached hydrogens (tertiary/aromatic N) is 2. The van der Waals surface area contributed by atoms with Crippen molar-refractivity contribution in [2.24, 2.45) is 11.8 Å². The predicted octanol–water partition coefficient (Wildman–Crippen LogP) is 4.59. The van der Waals surface area contributed by atoms with E-state index < -0.39 is 0 Å². The van der Waals surface area contributed by atoms with Gasteiger partial charge in [0.25, 0.3) is 0 Å². The van der Waals surface area contributed by atoms with Crippen LogP contribution in [0.25, 0.3) is 0 Å². The molecular weight excluding hydrogens is 401 g/mol. The first-order valence-corrected chi connectivity index (χ1v) is 12.1. The van der Waals surface area contributed by atoms with Gasteiger partial charge in [-0.15, -0.1) is 0 Å². The molecule has 32 heavy (non-hydrogen) atoms. The van der Waals surface area contributed by atoms with E-state index in [9.17, 15) is 9.18 Å². The Labute approximate surface area is 191 Å². The molecule has 2 saturated heterocycles.